The molecule has 1 heterocycles. The van der Waals surface area contributed by atoms with Crippen LogP contribution in [0.2, 0.25) is 0 Å². The van der Waals surface area contributed by atoms with Gasteiger partial charge in [0.2, 0.25) is 0 Å². The molecule has 2 atom stereocenters. The Kier molecular flexibility index (Phi) is 3.38. The smallest absolute Gasteiger partial charge is 0.316 e. The molecular weight excluding hydrogens is 252 g/mol. The first-order valence-corrected chi connectivity index (χ1v) is 6.70. The van der Waals surface area contributed by atoms with Crippen molar-refractivity contribution in [3.63, 3.8) is 0 Å². The van der Waals surface area contributed by atoms with E-state index in [0.717, 1.165) is 29.5 Å². The van der Waals surface area contributed by atoms with Gasteiger partial charge in [0.25, 0.3) is 0 Å². The Balaban J connectivity index is 2.09. The fraction of sp³-hybridized carbons (Fsp3) is 0.333. The molecule has 20 heavy (non-hydrogen) atoms. The van der Waals surface area contributed by atoms with Gasteiger partial charge in [-0.1, -0.05) is 18.2 Å². The molecular formula is C15H18N4O. The maximum Gasteiger partial charge on any atom is 0.316 e. The van der Waals surface area contributed by atoms with E-state index in [1.165, 1.54) is 5.56 Å². The number of hydrogen-bond donors (Lipinski definition) is 2. The van der Waals surface area contributed by atoms with E-state index in [-0.39, 0.29) is 12.1 Å². The van der Waals surface area contributed by atoms with E-state index in [1.807, 2.05) is 12.1 Å². The number of aryl methyl sites for hydroxylation is 1. The Labute approximate surface area is 118 Å². The highest BCUT2D eigenvalue weighted by Crippen LogP contribution is 2.35. The Morgan fingerprint density at radius 1 is 1.20 bits per heavy atom. The maximum atomic E-state index is 6.29. The summed E-state index contributed by atoms with van der Waals surface area (Å²) in [4.78, 5) is 8.32. The lowest BCUT2D eigenvalue weighted by Crippen LogP contribution is -2.38. The summed E-state index contributed by atoms with van der Waals surface area (Å²) in [6, 6.07) is 6.43. The average molecular weight is 270 g/mol. The Hall–Kier alpha value is -1.98. The maximum absolute atomic E-state index is 6.29. The molecule has 0 spiro atoms. The third-order valence-corrected chi connectivity index (χ3v) is 3.86. The average Bonchev–Trinajstić information content (AvgIpc) is 2.50. The fourth-order valence-corrected chi connectivity index (χ4v) is 2.75. The summed E-state index contributed by atoms with van der Waals surface area (Å²) in [6.07, 6.45) is 5.41. The quantitative estimate of drug-likeness (QED) is 0.862. The highest BCUT2D eigenvalue weighted by atomic mass is 16.5. The van der Waals surface area contributed by atoms with Gasteiger partial charge in [-0.05, 0) is 29.5 Å². The van der Waals surface area contributed by atoms with Gasteiger partial charge in [-0.3, -0.25) is 0 Å². The van der Waals surface area contributed by atoms with Crippen LogP contribution in [0.25, 0.3) is 11.1 Å². The topological polar surface area (TPSA) is 87.0 Å². The van der Waals surface area contributed by atoms with Gasteiger partial charge in [-0.25, -0.2) is 9.97 Å². The SMILES string of the molecule is COc1ncc(-c2cccc3c2C(N)[C@@H](N)CC3)cn1. The summed E-state index contributed by atoms with van der Waals surface area (Å²) in [5.74, 6) is 0. The molecule has 0 amide bonds. The highest BCUT2D eigenvalue weighted by Gasteiger charge is 2.26. The monoisotopic (exact) mass is 270 g/mol. The second-order valence-electron chi connectivity index (χ2n) is 5.07. The molecule has 2 aromatic rings. The number of aromatic nitrogens is 2. The minimum absolute atomic E-state index is 0.00261. The molecule has 0 saturated carbocycles. The predicted octanol–water partition coefficient (Wildman–Crippen LogP) is 1.43. The molecule has 1 aromatic heterocycles. The summed E-state index contributed by atoms with van der Waals surface area (Å²) < 4.78 is 4.99. The van der Waals surface area contributed by atoms with E-state index in [4.69, 9.17) is 16.2 Å². The second kappa shape index (κ2) is 5.19. The zero-order valence-electron chi connectivity index (χ0n) is 11.4. The van der Waals surface area contributed by atoms with Crippen LogP contribution in [0, 0.1) is 0 Å². The van der Waals surface area contributed by atoms with Gasteiger partial charge in [0.15, 0.2) is 0 Å². The summed E-state index contributed by atoms with van der Waals surface area (Å²) in [7, 11) is 1.55. The van der Waals surface area contributed by atoms with Crippen molar-refractivity contribution >= 4 is 0 Å². The van der Waals surface area contributed by atoms with Crippen LogP contribution < -0.4 is 16.2 Å². The third-order valence-electron chi connectivity index (χ3n) is 3.86. The van der Waals surface area contributed by atoms with Crippen molar-refractivity contribution in [2.45, 2.75) is 24.9 Å². The largest absolute Gasteiger partial charge is 0.467 e. The molecule has 5 nitrogen and oxygen atoms in total. The molecule has 3 rings (SSSR count). The van der Waals surface area contributed by atoms with Crippen LogP contribution >= 0.6 is 0 Å². The number of fused-ring (bicyclic) bond motifs is 1. The molecule has 1 aromatic carbocycles. The highest BCUT2D eigenvalue weighted by molar-refractivity contribution is 5.69. The lowest BCUT2D eigenvalue weighted by atomic mass is 9.81. The second-order valence-corrected chi connectivity index (χ2v) is 5.07. The van der Waals surface area contributed by atoms with Gasteiger partial charge in [0.1, 0.15) is 0 Å². The molecule has 1 aliphatic carbocycles. The van der Waals surface area contributed by atoms with Crippen molar-refractivity contribution in [2.24, 2.45) is 11.5 Å². The van der Waals surface area contributed by atoms with Crippen LogP contribution in [0.4, 0.5) is 0 Å². The van der Waals surface area contributed by atoms with Crippen LogP contribution in [0.5, 0.6) is 6.01 Å². The molecule has 1 aliphatic rings. The van der Waals surface area contributed by atoms with E-state index in [2.05, 4.69) is 16.0 Å². The number of nitrogens with zero attached hydrogens (tertiary/aromatic N) is 2. The molecule has 4 N–H and O–H groups in total. The Morgan fingerprint density at radius 2 is 1.95 bits per heavy atom. The van der Waals surface area contributed by atoms with E-state index in [9.17, 15) is 0 Å². The van der Waals surface area contributed by atoms with Crippen LogP contribution in [0.15, 0.2) is 30.6 Å². The Morgan fingerprint density at radius 3 is 2.65 bits per heavy atom. The van der Waals surface area contributed by atoms with Crippen molar-refractivity contribution in [1.82, 2.24) is 9.97 Å². The number of nitrogens with two attached hydrogens (primary N) is 2. The van der Waals surface area contributed by atoms with Gasteiger partial charge < -0.3 is 16.2 Å². The van der Waals surface area contributed by atoms with E-state index < -0.39 is 0 Å². The van der Waals surface area contributed by atoms with E-state index in [1.54, 1.807) is 19.5 Å². The summed E-state index contributed by atoms with van der Waals surface area (Å²) in [6.45, 7) is 0. The van der Waals surface area contributed by atoms with Crippen molar-refractivity contribution in [3.05, 3.63) is 41.7 Å². The molecule has 1 unspecified atom stereocenters. The lowest BCUT2D eigenvalue weighted by molar-refractivity contribution is 0.380. The van der Waals surface area contributed by atoms with Gasteiger partial charge in [0.05, 0.1) is 7.11 Å². The van der Waals surface area contributed by atoms with Gasteiger partial charge in [-0.15, -0.1) is 0 Å². The first-order valence-electron chi connectivity index (χ1n) is 6.70. The van der Waals surface area contributed by atoms with Crippen LogP contribution in [-0.4, -0.2) is 23.1 Å². The van der Waals surface area contributed by atoms with Gasteiger partial charge in [-0.2, -0.15) is 0 Å². The zero-order valence-corrected chi connectivity index (χ0v) is 11.4. The van der Waals surface area contributed by atoms with E-state index in [0.29, 0.717) is 6.01 Å². The fourth-order valence-electron chi connectivity index (χ4n) is 2.75. The predicted molar refractivity (Wildman–Crippen MR) is 77.2 cm³/mol. The van der Waals surface area contributed by atoms with E-state index >= 15 is 0 Å². The lowest BCUT2D eigenvalue weighted by Gasteiger charge is -2.30. The minimum atomic E-state index is -0.142. The van der Waals surface area contributed by atoms with Crippen molar-refractivity contribution in [1.29, 1.82) is 0 Å². The van der Waals surface area contributed by atoms with Crippen molar-refractivity contribution < 1.29 is 4.74 Å². The molecule has 0 radical (unpaired) electrons. The zero-order chi connectivity index (χ0) is 14.1. The summed E-state index contributed by atoms with van der Waals surface area (Å²) in [5, 5.41) is 0. The first kappa shape index (κ1) is 13.0. The number of ether oxygens (including phenoxy) is 1. The van der Waals surface area contributed by atoms with Crippen molar-refractivity contribution in [3.8, 4) is 17.1 Å². The summed E-state index contributed by atoms with van der Waals surface area (Å²) in [5.41, 5.74) is 16.8. The van der Waals surface area contributed by atoms with Gasteiger partial charge >= 0.3 is 6.01 Å². The normalized spacial score (nSPS) is 21.4. The van der Waals surface area contributed by atoms with Crippen LogP contribution in [0.3, 0.4) is 0 Å². The number of methoxy groups -OCH3 is 1. The first-order chi connectivity index (χ1) is 9.70. The number of hydrogen-bond acceptors (Lipinski definition) is 5. The van der Waals surface area contributed by atoms with Crippen LogP contribution in [-0.2, 0) is 6.42 Å². The summed E-state index contributed by atoms with van der Waals surface area (Å²) >= 11 is 0. The van der Waals surface area contributed by atoms with Gasteiger partial charge in [0, 0.05) is 30.0 Å². The third kappa shape index (κ3) is 2.15. The molecule has 0 aliphatic heterocycles. The number of rotatable bonds is 2. The number of benzene rings is 1. The molecule has 0 bridgehead atoms. The molecule has 0 saturated heterocycles. The molecule has 104 valence electrons. The Bertz CT molecular complexity index is 612. The van der Waals surface area contributed by atoms with Crippen LogP contribution in [0.1, 0.15) is 23.6 Å². The minimum Gasteiger partial charge on any atom is -0.467 e. The molecule has 5 heteroatoms. The van der Waals surface area contributed by atoms with Crippen molar-refractivity contribution in [2.75, 3.05) is 7.11 Å². The molecule has 0 fully saturated rings. The standard InChI is InChI=1S/C15H18N4O/c1-20-15-18-7-10(8-19-15)11-4-2-3-9-5-6-12(16)14(17)13(9)11/h2-4,7-8,12,14H,5-6,16-17H2,1H3/t12-,14?/m0/s1.